The number of rotatable bonds is 8. The van der Waals surface area contributed by atoms with E-state index in [9.17, 15) is 0 Å². The quantitative estimate of drug-likeness (QED) is 0.741. The number of thioether (sulfide) groups is 1. The van der Waals surface area contributed by atoms with E-state index in [0.717, 1.165) is 32.1 Å². The number of hydrogen-bond donors (Lipinski definition) is 1. The van der Waals surface area contributed by atoms with E-state index in [1.807, 2.05) is 0 Å². The van der Waals surface area contributed by atoms with Gasteiger partial charge in [0.2, 0.25) is 0 Å². The van der Waals surface area contributed by atoms with E-state index in [-0.39, 0.29) is 0 Å². The molecule has 0 spiro atoms. The van der Waals surface area contributed by atoms with Crippen molar-refractivity contribution in [3.63, 3.8) is 0 Å². The van der Waals surface area contributed by atoms with E-state index < -0.39 is 0 Å². The number of hydrogen-bond acceptors (Lipinski definition) is 3. The topological polar surface area (TPSA) is 15.3 Å². The van der Waals surface area contributed by atoms with Crippen LogP contribution in [0.25, 0.3) is 0 Å². The first-order chi connectivity index (χ1) is 9.81. The second kappa shape index (κ2) is 8.71. The van der Waals surface area contributed by atoms with Crippen LogP contribution in [0.15, 0.2) is 24.3 Å². The lowest BCUT2D eigenvalue weighted by atomic mass is 10.0. The molecule has 1 aliphatic heterocycles. The van der Waals surface area contributed by atoms with Gasteiger partial charge in [0.1, 0.15) is 0 Å². The van der Waals surface area contributed by atoms with Crippen LogP contribution in [0.1, 0.15) is 30.9 Å². The zero-order valence-corrected chi connectivity index (χ0v) is 13.7. The Bertz CT molecular complexity index is 388. The van der Waals surface area contributed by atoms with Crippen LogP contribution in [0.4, 0.5) is 0 Å². The van der Waals surface area contributed by atoms with Crippen molar-refractivity contribution in [2.24, 2.45) is 0 Å². The summed E-state index contributed by atoms with van der Waals surface area (Å²) in [6.45, 7) is 5.53. The van der Waals surface area contributed by atoms with Crippen molar-refractivity contribution >= 4 is 11.8 Å². The molecule has 1 aliphatic rings. The average Bonchev–Trinajstić information content (AvgIpc) is 2.99. The van der Waals surface area contributed by atoms with Crippen LogP contribution in [-0.4, -0.2) is 42.6 Å². The molecule has 0 amide bonds. The predicted molar refractivity (Wildman–Crippen MR) is 90.5 cm³/mol. The van der Waals surface area contributed by atoms with Crippen LogP contribution in [0.5, 0.6) is 0 Å². The number of nitrogens with one attached hydrogen (secondary N) is 1. The highest BCUT2D eigenvalue weighted by Gasteiger charge is 2.20. The summed E-state index contributed by atoms with van der Waals surface area (Å²) in [5.41, 5.74) is 3.01. The summed E-state index contributed by atoms with van der Waals surface area (Å²) < 4.78 is 0. The first kappa shape index (κ1) is 15.9. The summed E-state index contributed by atoms with van der Waals surface area (Å²) in [6, 6.07) is 9.71. The zero-order chi connectivity index (χ0) is 14.2. The highest BCUT2D eigenvalue weighted by atomic mass is 32.2. The summed E-state index contributed by atoms with van der Waals surface area (Å²) in [5, 5.41) is 3.50. The molecule has 1 atom stereocenters. The van der Waals surface area contributed by atoms with Gasteiger partial charge in [0.25, 0.3) is 0 Å². The Morgan fingerprint density at radius 1 is 1.25 bits per heavy atom. The van der Waals surface area contributed by atoms with E-state index in [0.29, 0.717) is 0 Å². The summed E-state index contributed by atoms with van der Waals surface area (Å²) >= 11 is 2.09. The van der Waals surface area contributed by atoms with Crippen molar-refractivity contribution in [3.05, 3.63) is 35.4 Å². The molecule has 1 aromatic rings. The first-order valence-corrected chi connectivity index (χ1v) is 9.02. The van der Waals surface area contributed by atoms with Crippen LogP contribution in [0.3, 0.4) is 0 Å². The van der Waals surface area contributed by atoms with Crippen LogP contribution < -0.4 is 5.32 Å². The summed E-state index contributed by atoms with van der Waals surface area (Å²) in [6.07, 6.45) is 3.70. The van der Waals surface area contributed by atoms with Crippen molar-refractivity contribution in [3.8, 4) is 0 Å². The summed E-state index contributed by atoms with van der Waals surface area (Å²) in [7, 11) is 2.28. The molecule has 1 fully saturated rings. The van der Waals surface area contributed by atoms with Crippen LogP contribution in [0.2, 0.25) is 0 Å². The van der Waals surface area contributed by atoms with E-state index in [1.54, 1.807) is 0 Å². The fourth-order valence-corrected chi connectivity index (χ4v) is 4.05. The molecular weight excluding hydrogens is 264 g/mol. The third kappa shape index (κ3) is 4.80. The second-order valence-corrected chi connectivity index (χ2v) is 6.85. The Labute approximate surface area is 128 Å². The maximum Gasteiger partial charge on any atom is 0.0236 e. The molecule has 1 N–H and O–H groups in total. The minimum absolute atomic E-state index is 0.770. The highest BCUT2D eigenvalue weighted by Crippen LogP contribution is 2.23. The normalized spacial score (nSPS) is 18.9. The Morgan fingerprint density at radius 3 is 2.75 bits per heavy atom. The van der Waals surface area contributed by atoms with Gasteiger partial charge in [-0.25, -0.2) is 0 Å². The molecule has 1 unspecified atom stereocenters. The molecule has 112 valence electrons. The summed E-state index contributed by atoms with van der Waals surface area (Å²) in [5.74, 6) is 2.63. The van der Waals surface area contributed by atoms with Gasteiger partial charge in [0, 0.05) is 18.3 Å². The monoisotopic (exact) mass is 292 g/mol. The molecule has 0 aromatic heterocycles. The zero-order valence-electron chi connectivity index (χ0n) is 12.9. The standard InChI is InChI=1S/C17H28N2S/c1-3-10-18-11-8-15-6-4-5-7-16(15)13-19(2)17-9-12-20-14-17/h4-7,17-18H,3,8-14H2,1-2H3. The molecule has 1 saturated heterocycles. The van der Waals surface area contributed by atoms with Gasteiger partial charge >= 0.3 is 0 Å². The van der Waals surface area contributed by atoms with E-state index in [2.05, 4.69) is 60.2 Å². The first-order valence-electron chi connectivity index (χ1n) is 7.86. The molecular formula is C17H28N2S. The number of benzene rings is 1. The minimum Gasteiger partial charge on any atom is -0.316 e. The summed E-state index contributed by atoms with van der Waals surface area (Å²) in [4.78, 5) is 2.54. The van der Waals surface area contributed by atoms with Crippen molar-refractivity contribution in [1.29, 1.82) is 0 Å². The van der Waals surface area contributed by atoms with Crippen LogP contribution in [-0.2, 0) is 13.0 Å². The lowest BCUT2D eigenvalue weighted by Gasteiger charge is -2.24. The van der Waals surface area contributed by atoms with E-state index in [4.69, 9.17) is 0 Å². The molecule has 0 aliphatic carbocycles. The molecule has 2 rings (SSSR count). The Kier molecular flexibility index (Phi) is 6.91. The average molecular weight is 292 g/mol. The Balaban J connectivity index is 1.89. The molecule has 2 nitrogen and oxygen atoms in total. The molecule has 1 heterocycles. The fourth-order valence-electron chi connectivity index (χ4n) is 2.75. The van der Waals surface area contributed by atoms with Crippen LogP contribution in [0, 0.1) is 0 Å². The van der Waals surface area contributed by atoms with E-state index in [1.165, 1.54) is 35.5 Å². The fraction of sp³-hybridized carbons (Fsp3) is 0.647. The predicted octanol–water partition coefficient (Wildman–Crippen LogP) is 3.17. The van der Waals surface area contributed by atoms with Gasteiger partial charge in [-0.3, -0.25) is 4.90 Å². The number of nitrogens with zero attached hydrogens (tertiary/aromatic N) is 1. The van der Waals surface area contributed by atoms with Crippen LogP contribution >= 0.6 is 11.8 Å². The van der Waals surface area contributed by atoms with Gasteiger partial charge in [-0.15, -0.1) is 0 Å². The van der Waals surface area contributed by atoms with E-state index >= 15 is 0 Å². The van der Waals surface area contributed by atoms with Crippen molar-refractivity contribution in [2.45, 2.75) is 38.8 Å². The molecule has 0 radical (unpaired) electrons. The smallest absolute Gasteiger partial charge is 0.0236 e. The third-order valence-corrected chi connectivity index (χ3v) is 5.21. The van der Waals surface area contributed by atoms with Gasteiger partial charge in [-0.2, -0.15) is 11.8 Å². The largest absolute Gasteiger partial charge is 0.316 e. The van der Waals surface area contributed by atoms with Gasteiger partial charge in [-0.05, 0) is 56.3 Å². The maximum atomic E-state index is 3.50. The van der Waals surface area contributed by atoms with Crippen molar-refractivity contribution in [1.82, 2.24) is 10.2 Å². The molecule has 1 aromatic carbocycles. The second-order valence-electron chi connectivity index (χ2n) is 5.70. The highest BCUT2D eigenvalue weighted by molar-refractivity contribution is 7.99. The molecule has 0 saturated carbocycles. The third-order valence-electron chi connectivity index (χ3n) is 4.07. The lowest BCUT2D eigenvalue weighted by Crippen LogP contribution is -2.31. The maximum absolute atomic E-state index is 3.50. The SMILES string of the molecule is CCCNCCc1ccccc1CN(C)C1CCSC1. The lowest BCUT2D eigenvalue weighted by molar-refractivity contribution is 0.253. The Hall–Kier alpha value is -0.510. The molecule has 20 heavy (non-hydrogen) atoms. The molecule has 0 bridgehead atoms. The Morgan fingerprint density at radius 2 is 2.05 bits per heavy atom. The van der Waals surface area contributed by atoms with Gasteiger partial charge in [-0.1, -0.05) is 31.2 Å². The van der Waals surface area contributed by atoms with Gasteiger partial charge < -0.3 is 5.32 Å². The van der Waals surface area contributed by atoms with Gasteiger partial charge in [0.15, 0.2) is 0 Å². The van der Waals surface area contributed by atoms with Gasteiger partial charge in [0.05, 0.1) is 0 Å². The van der Waals surface area contributed by atoms with Crippen molar-refractivity contribution < 1.29 is 0 Å². The molecule has 3 heteroatoms. The minimum atomic E-state index is 0.770. The van der Waals surface area contributed by atoms with Crippen molar-refractivity contribution in [2.75, 3.05) is 31.6 Å².